The van der Waals surface area contributed by atoms with Gasteiger partial charge in [-0.2, -0.15) is 5.10 Å². The van der Waals surface area contributed by atoms with Crippen LogP contribution in [0.1, 0.15) is 31.2 Å². The first-order valence-electron chi connectivity index (χ1n) is 7.64. The summed E-state index contributed by atoms with van der Waals surface area (Å²) in [5.41, 5.74) is -0.0177. The van der Waals surface area contributed by atoms with Crippen molar-refractivity contribution >= 4 is 11.8 Å². The Morgan fingerprint density at radius 3 is 2.65 bits per heavy atom. The van der Waals surface area contributed by atoms with Crippen molar-refractivity contribution < 1.29 is 9.90 Å². The number of carbonyl (C=O) groups is 1. The molecule has 1 aliphatic rings. The van der Waals surface area contributed by atoms with E-state index >= 15 is 0 Å². The molecule has 7 heteroatoms. The summed E-state index contributed by atoms with van der Waals surface area (Å²) in [4.78, 5) is 16.0. The fourth-order valence-corrected chi connectivity index (χ4v) is 2.87. The van der Waals surface area contributed by atoms with Crippen molar-refractivity contribution in [2.45, 2.75) is 37.3 Å². The smallest absolute Gasteiger partial charge is 0.320 e. The molecule has 0 spiro atoms. The van der Waals surface area contributed by atoms with Crippen molar-refractivity contribution in [1.29, 1.82) is 0 Å². The second-order valence-electron chi connectivity index (χ2n) is 5.75. The van der Waals surface area contributed by atoms with Crippen LogP contribution in [0.5, 0.6) is 0 Å². The Balaban J connectivity index is 1.52. The maximum absolute atomic E-state index is 11.9. The van der Waals surface area contributed by atoms with Crippen LogP contribution in [0.3, 0.4) is 0 Å². The lowest BCUT2D eigenvalue weighted by Gasteiger charge is -2.36. The Labute approximate surface area is 134 Å². The van der Waals surface area contributed by atoms with E-state index in [1.54, 1.807) is 30.7 Å². The van der Waals surface area contributed by atoms with Crippen LogP contribution >= 0.6 is 0 Å². The summed E-state index contributed by atoms with van der Waals surface area (Å²) in [6.45, 7) is 0. The van der Waals surface area contributed by atoms with Gasteiger partial charge in [-0.25, -0.2) is 4.79 Å². The van der Waals surface area contributed by atoms with E-state index < -0.39 is 5.60 Å². The Hall–Kier alpha value is -2.54. The van der Waals surface area contributed by atoms with E-state index in [0.29, 0.717) is 31.5 Å². The Kier molecular flexibility index (Phi) is 4.47. The molecule has 1 aliphatic carbocycles. The number of rotatable bonds is 3. The minimum atomic E-state index is -0.853. The average molecular weight is 313 g/mol. The van der Waals surface area contributed by atoms with Crippen LogP contribution in [0, 0.1) is 0 Å². The molecule has 0 unspecified atom stereocenters. The van der Waals surface area contributed by atoms with Crippen LogP contribution in [0.25, 0.3) is 0 Å². The molecule has 2 heterocycles. The Bertz CT molecular complexity index is 642. The summed E-state index contributed by atoms with van der Waals surface area (Å²) < 4.78 is 0. The molecule has 2 aromatic heterocycles. The highest BCUT2D eigenvalue weighted by atomic mass is 16.3. The summed E-state index contributed by atoms with van der Waals surface area (Å²) in [6, 6.07) is 6.82. The number of amides is 2. The number of hydrogen-bond acceptors (Lipinski definition) is 5. The molecule has 0 bridgehead atoms. The zero-order valence-corrected chi connectivity index (χ0v) is 12.6. The maximum atomic E-state index is 11.9. The van der Waals surface area contributed by atoms with Gasteiger partial charge in [-0.1, -0.05) is 6.07 Å². The standard InChI is InChI=1S/C16H19N5O2/c22-15(20-14-4-2-10-18-21-14)19-13-5-7-16(23,8-6-13)12-3-1-9-17-11-12/h1-4,9-11,13,23H,5-8H2,(H2,19,20,21,22). The molecule has 3 N–H and O–H groups in total. The number of aliphatic hydroxyl groups is 1. The lowest BCUT2D eigenvalue weighted by Crippen LogP contribution is -2.43. The van der Waals surface area contributed by atoms with Gasteiger partial charge >= 0.3 is 6.03 Å². The molecule has 0 radical (unpaired) electrons. The topological polar surface area (TPSA) is 100 Å². The van der Waals surface area contributed by atoms with Crippen molar-refractivity contribution in [2.75, 3.05) is 5.32 Å². The minimum absolute atomic E-state index is 0.0311. The molecule has 120 valence electrons. The zero-order chi connectivity index (χ0) is 16.1. The molecule has 2 amide bonds. The van der Waals surface area contributed by atoms with Crippen LogP contribution in [0.15, 0.2) is 42.9 Å². The van der Waals surface area contributed by atoms with Crippen molar-refractivity contribution in [3.8, 4) is 0 Å². The van der Waals surface area contributed by atoms with E-state index in [9.17, 15) is 9.90 Å². The third-order valence-electron chi connectivity index (χ3n) is 4.16. The van der Waals surface area contributed by atoms with Crippen LogP contribution in [-0.4, -0.2) is 32.4 Å². The van der Waals surface area contributed by atoms with E-state index in [1.165, 1.54) is 0 Å². The molecule has 7 nitrogen and oxygen atoms in total. The number of nitrogens with one attached hydrogen (secondary N) is 2. The molecule has 23 heavy (non-hydrogen) atoms. The number of anilines is 1. The molecular weight excluding hydrogens is 294 g/mol. The number of aromatic nitrogens is 3. The Morgan fingerprint density at radius 1 is 1.22 bits per heavy atom. The normalized spacial score (nSPS) is 24.0. The highest BCUT2D eigenvalue weighted by Crippen LogP contribution is 2.36. The van der Waals surface area contributed by atoms with Gasteiger partial charge in [0, 0.05) is 30.2 Å². The van der Waals surface area contributed by atoms with Gasteiger partial charge in [-0.05, 0) is 43.9 Å². The van der Waals surface area contributed by atoms with Gasteiger partial charge in [0.1, 0.15) is 0 Å². The first-order valence-corrected chi connectivity index (χ1v) is 7.64. The van der Waals surface area contributed by atoms with Gasteiger partial charge in [-0.15, -0.1) is 5.10 Å². The van der Waals surface area contributed by atoms with Crippen molar-refractivity contribution in [1.82, 2.24) is 20.5 Å². The predicted molar refractivity (Wildman–Crippen MR) is 84.6 cm³/mol. The average Bonchev–Trinajstić information content (AvgIpc) is 2.59. The van der Waals surface area contributed by atoms with Gasteiger partial charge in [0.25, 0.3) is 0 Å². The lowest BCUT2D eigenvalue weighted by atomic mass is 9.78. The molecule has 0 aliphatic heterocycles. The molecule has 0 aromatic carbocycles. The quantitative estimate of drug-likeness (QED) is 0.802. The largest absolute Gasteiger partial charge is 0.385 e. The first kappa shape index (κ1) is 15.4. The van der Waals surface area contributed by atoms with Gasteiger partial charge in [0.15, 0.2) is 5.82 Å². The number of nitrogens with zero attached hydrogens (tertiary/aromatic N) is 3. The monoisotopic (exact) mass is 313 g/mol. The number of carbonyl (C=O) groups excluding carboxylic acids is 1. The fourth-order valence-electron chi connectivity index (χ4n) is 2.87. The summed E-state index contributed by atoms with van der Waals surface area (Å²) in [6.07, 6.45) is 7.54. The van der Waals surface area contributed by atoms with Crippen molar-refractivity contribution in [3.63, 3.8) is 0 Å². The molecule has 1 fully saturated rings. The predicted octanol–water partition coefficient (Wildman–Crippen LogP) is 1.82. The van der Waals surface area contributed by atoms with E-state index in [4.69, 9.17) is 0 Å². The first-order chi connectivity index (χ1) is 11.2. The third kappa shape index (κ3) is 3.81. The van der Waals surface area contributed by atoms with E-state index in [-0.39, 0.29) is 12.1 Å². The van der Waals surface area contributed by atoms with Crippen molar-refractivity contribution in [2.24, 2.45) is 0 Å². The summed E-state index contributed by atoms with van der Waals surface area (Å²) in [5.74, 6) is 0.410. The fraction of sp³-hybridized carbons (Fsp3) is 0.375. The zero-order valence-electron chi connectivity index (χ0n) is 12.6. The van der Waals surface area contributed by atoms with Crippen LogP contribution in [0.4, 0.5) is 10.6 Å². The van der Waals surface area contributed by atoms with E-state index in [1.807, 2.05) is 12.1 Å². The van der Waals surface area contributed by atoms with Gasteiger partial charge in [-0.3, -0.25) is 10.3 Å². The summed E-state index contributed by atoms with van der Waals surface area (Å²) in [5, 5.41) is 23.8. The highest BCUT2D eigenvalue weighted by molar-refractivity contribution is 5.88. The molecule has 2 aromatic rings. The SMILES string of the molecule is O=C(Nc1cccnn1)NC1CCC(O)(c2cccnc2)CC1. The highest BCUT2D eigenvalue weighted by Gasteiger charge is 2.35. The maximum Gasteiger partial charge on any atom is 0.320 e. The second-order valence-corrected chi connectivity index (χ2v) is 5.75. The lowest BCUT2D eigenvalue weighted by molar-refractivity contribution is -0.00746. The third-order valence-corrected chi connectivity index (χ3v) is 4.16. The van der Waals surface area contributed by atoms with E-state index in [0.717, 1.165) is 5.56 Å². The molecule has 1 saturated carbocycles. The molecule has 0 atom stereocenters. The van der Waals surface area contributed by atoms with E-state index in [2.05, 4.69) is 25.8 Å². The number of pyridine rings is 1. The van der Waals surface area contributed by atoms with Crippen LogP contribution in [0.2, 0.25) is 0 Å². The van der Waals surface area contributed by atoms with Gasteiger partial charge in [0.2, 0.25) is 0 Å². The van der Waals surface area contributed by atoms with Crippen LogP contribution < -0.4 is 10.6 Å². The van der Waals surface area contributed by atoms with Crippen LogP contribution in [-0.2, 0) is 5.60 Å². The molecule has 3 rings (SSSR count). The molecule has 0 saturated heterocycles. The van der Waals surface area contributed by atoms with Gasteiger partial charge in [0.05, 0.1) is 5.60 Å². The molecular formula is C16H19N5O2. The Morgan fingerprint density at radius 2 is 2.00 bits per heavy atom. The number of hydrogen-bond donors (Lipinski definition) is 3. The number of urea groups is 1. The second kappa shape index (κ2) is 6.70. The minimum Gasteiger partial charge on any atom is -0.385 e. The van der Waals surface area contributed by atoms with Crippen molar-refractivity contribution in [3.05, 3.63) is 48.4 Å². The van der Waals surface area contributed by atoms with Gasteiger partial charge < -0.3 is 10.4 Å². The summed E-state index contributed by atoms with van der Waals surface area (Å²) >= 11 is 0. The summed E-state index contributed by atoms with van der Waals surface area (Å²) in [7, 11) is 0.